The summed E-state index contributed by atoms with van der Waals surface area (Å²) in [5.74, 6) is -0.0510. The number of thiophene rings is 1. The molecule has 2 aromatic rings. The molecule has 4 heteroatoms. The van der Waals surface area contributed by atoms with Crippen molar-refractivity contribution in [1.82, 2.24) is 5.32 Å². The lowest BCUT2D eigenvalue weighted by molar-refractivity contribution is 0.0959. The van der Waals surface area contributed by atoms with Crippen molar-refractivity contribution in [2.24, 2.45) is 0 Å². The largest absolute Gasteiger partial charge is 0.397 e. The van der Waals surface area contributed by atoms with Crippen LogP contribution in [0.1, 0.15) is 40.9 Å². The Bertz CT molecular complexity index is 715. The van der Waals surface area contributed by atoms with Gasteiger partial charge in [0.25, 0.3) is 5.91 Å². The number of nitrogens with two attached hydrogens (primary N) is 1. The number of amides is 1. The zero-order valence-electron chi connectivity index (χ0n) is 12.2. The molecule has 0 fully saturated rings. The number of nitrogen functional groups attached to an aromatic ring is 1. The molecule has 1 aromatic heterocycles. The van der Waals surface area contributed by atoms with Crippen molar-refractivity contribution < 1.29 is 4.79 Å². The molecule has 0 unspecified atom stereocenters. The van der Waals surface area contributed by atoms with Gasteiger partial charge < -0.3 is 11.1 Å². The topological polar surface area (TPSA) is 55.1 Å². The van der Waals surface area contributed by atoms with Crippen LogP contribution in [0.4, 0.5) is 5.69 Å². The van der Waals surface area contributed by atoms with Crippen molar-refractivity contribution in [3.8, 4) is 0 Å². The fourth-order valence-corrected chi connectivity index (χ4v) is 3.91. The van der Waals surface area contributed by atoms with Crippen LogP contribution in [-0.4, -0.2) is 12.5 Å². The molecule has 110 valence electrons. The normalized spacial score (nSPS) is 14.4. The van der Waals surface area contributed by atoms with E-state index < -0.39 is 0 Å². The van der Waals surface area contributed by atoms with E-state index >= 15 is 0 Å². The second-order valence-electron chi connectivity index (χ2n) is 5.60. The summed E-state index contributed by atoms with van der Waals surface area (Å²) in [4.78, 5) is 12.9. The SMILES string of the molecule is Cc1ccc2c(N)c(C(=O)NCCC3=CCCC3)sc2c1. The van der Waals surface area contributed by atoms with Gasteiger partial charge in [0.2, 0.25) is 0 Å². The standard InChI is InChI=1S/C17H20N2OS/c1-11-6-7-13-14(10-11)21-16(15(13)18)17(20)19-9-8-12-4-2-3-5-12/h4,6-7,10H,2-3,5,8-9,18H2,1H3,(H,19,20). The summed E-state index contributed by atoms with van der Waals surface area (Å²) in [7, 11) is 0. The Morgan fingerprint density at radius 3 is 3.05 bits per heavy atom. The highest BCUT2D eigenvalue weighted by molar-refractivity contribution is 7.21. The van der Waals surface area contributed by atoms with Crippen molar-refractivity contribution in [3.63, 3.8) is 0 Å². The Morgan fingerprint density at radius 1 is 1.43 bits per heavy atom. The summed E-state index contributed by atoms with van der Waals surface area (Å²) in [6, 6.07) is 6.10. The van der Waals surface area contributed by atoms with Crippen molar-refractivity contribution in [3.05, 3.63) is 40.3 Å². The molecule has 3 rings (SSSR count). The van der Waals surface area contributed by atoms with Crippen molar-refractivity contribution in [2.45, 2.75) is 32.6 Å². The smallest absolute Gasteiger partial charge is 0.263 e. The van der Waals surface area contributed by atoms with Gasteiger partial charge in [-0.25, -0.2) is 0 Å². The summed E-state index contributed by atoms with van der Waals surface area (Å²) in [5.41, 5.74) is 9.38. The van der Waals surface area contributed by atoms with Crippen LogP contribution >= 0.6 is 11.3 Å². The fraction of sp³-hybridized carbons (Fsp3) is 0.353. The van der Waals surface area contributed by atoms with Gasteiger partial charge in [0, 0.05) is 16.6 Å². The van der Waals surface area contributed by atoms with Crippen LogP contribution in [-0.2, 0) is 0 Å². The predicted octanol–water partition coefficient (Wildman–Crippen LogP) is 4.02. The van der Waals surface area contributed by atoms with E-state index in [1.165, 1.54) is 41.7 Å². The van der Waals surface area contributed by atoms with Crippen LogP contribution in [0.15, 0.2) is 29.8 Å². The second kappa shape index (κ2) is 5.90. The van der Waals surface area contributed by atoms with Crippen molar-refractivity contribution in [1.29, 1.82) is 0 Å². The summed E-state index contributed by atoms with van der Waals surface area (Å²) in [5, 5.41) is 3.97. The first kappa shape index (κ1) is 14.1. The van der Waals surface area contributed by atoms with Gasteiger partial charge in [-0.2, -0.15) is 0 Å². The minimum atomic E-state index is -0.0510. The van der Waals surface area contributed by atoms with Crippen LogP contribution in [0, 0.1) is 6.92 Å². The molecule has 0 bridgehead atoms. The van der Waals surface area contributed by atoms with Crippen LogP contribution in [0.3, 0.4) is 0 Å². The van der Waals surface area contributed by atoms with Gasteiger partial charge in [-0.15, -0.1) is 11.3 Å². The van der Waals surface area contributed by atoms with Crippen LogP contribution in [0.25, 0.3) is 10.1 Å². The molecular formula is C17H20N2OS. The molecule has 1 aliphatic rings. The fourth-order valence-electron chi connectivity index (χ4n) is 2.77. The number of anilines is 1. The maximum absolute atomic E-state index is 12.3. The highest BCUT2D eigenvalue weighted by atomic mass is 32.1. The molecule has 0 saturated carbocycles. The van der Waals surface area contributed by atoms with E-state index in [0.717, 1.165) is 16.5 Å². The average Bonchev–Trinajstić information content (AvgIpc) is 3.07. The van der Waals surface area contributed by atoms with E-state index in [9.17, 15) is 4.79 Å². The number of hydrogen-bond donors (Lipinski definition) is 2. The van der Waals surface area contributed by atoms with Gasteiger partial charge >= 0.3 is 0 Å². The first-order chi connectivity index (χ1) is 10.1. The average molecular weight is 300 g/mol. The third-order valence-corrected chi connectivity index (χ3v) is 5.12. The maximum atomic E-state index is 12.3. The van der Waals surface area contributed by atoms with Crippen molar-refractivity contribution in [2.75, 3.05) is 12.3 Å². The number of fused-ring (bicyclic) bond motifs is 1. The summed E-state index contributed by atoms with van der Waals surface area (Å²) in [6.07, 6.45) is 6.87. The number of carbonyl (C=O) groups is 1. The lowest BCUT2D eigenvalue weighted by Crippen LogP contribution is -2.24. The number of nitrogens with one attached hydrogen (secondary N) is 1. The Kier molecular flexibility index (Phi) is 3.97. The number of aryl methyl sites for hydroxylation is 1. The second-order valence-corrected chi connectivity index (χ2v) is 6.66. The van der Waals surface area contributed by atoms with Gasteiger partial charge in [-0.05, 0) is 44.2 Å². The Hall–Kier alpha value is -1.81. The van der Waals surface area contributed by atoms with E-state index in [2.05, 4.69) is 17.5 Å². The monoisotopic (exact) mass is 300 g/mol. The van der Waals surface area contributed by atoms with Crippen LogP contribution in [0.2, 0.25) is 0 Å². The molecule has 1 heterocycles. The Morgan fingerprint density at radius 2 is 2.29 bits per heavy atom. The maximum Gasteiger partial charge on any atom is 0.263 e. The number of allylic oxidation sites excluding steroid dienone is 1. The summed E-state index contributed by atoms with van der Waals surface area (Å²) < 4.78 is 1.08. The summed E-state index contributed by atoms with van der Waals surface area (Å²) >= 11 is 1.48. The third-order valence-electron chi connectivity index (χ3n) is 3.96. The van der Waals surface area contributed by atoms with E-state index in [0.29, 0.717) is 17.1 Å². The minimum absolute atomic E-state index is 0.0510. The quantitative estimate of drug-likeness (QED) is 0.838. The molecule has 0 aliphatic heterocycles. The molecule has 0 saturated heterocycles. The van der Waals surface area contributed by atoms with E-state index in [4.69, 9.17) is 5.73 Å². The lowest BCUT2D eigenvalue weighted by atomic mass is 10.1. The van der Waals surface area contributed by atoms with Crippen LogP contribution < -0.4 is 11.1 Å². The van der Waals surface area contributed by atoms with Gasteiger partial charge in [-0.3, -0.25) is 4.79 Å². The third kappa shape index (κ3) is 2.95. The Labute approximate surface area is 128 Å². The molecule has 0 spiro atoms. The van der Waals surface area contributed by atoms with Gasteiger partial charge in [0.15, 0.2) is 0 Å². The van der Waals surface area contributed by atoms with Gasteiger partial charge in [-0.1, -0.05) is 23.8 Å². The number of rotatable bonds is 4. The first-order valence-electron chi connectivity index (χ1n) is 7.40. The molecule has 1 aliphatic carbocycles. The number of carbonyl (C=O) groups excluding carboxylic acids is 1. The highest BCUT2D eigenvalue weighted by Gasteiger charge is 2.16. The van der Waals surface area contributed by atoms with E-state index in [1.54, 1.807) is 0 Å². The highest BCUT2D eigenvalue weighted by Crippen LogP contribution is 2.34. The molecular weight excluding hydrogens is 280 g/mol. The molecule has 1 aromatic carbocycles. The van der Waals surface area contributed by atoms with E-state index in [-0.39, 0.29) is 5.91 Å². The predicted molar refractivity (Wildman–Crippen MR) is 89.9 cm³/mol. The number of hydrogen-bond acceptors (Lipinski definition) is 3. The van der Waals surface area contributed by atoms with Gasteiger partial charge in [0.05, 0.1) is 5.69 Å². The summed E-state index contributed by atoms with van der Waals surface area (Å²) in [6.45, 7) is 2.74. The number of benzene rings is 1. The lowest BCUT2D eigenvalue weighted by Gasteiger charge is -2.05. The van der Waals surface area contributed by atoms with Gasteiger partial charge in [0.1, 0.15) is 4.88 Å². The zero-order chi connectivity index (χ0) is 14.8. The molecule has 0 radical (unpaired) electrons. The molecule has 21 heavy (non-hydrogen) atoms. The van der Waals surface area contributed by atoms with E-state index in [1.807, 2.05) is 19.1 Å². The first-order valence-corrected chi connectivity index (χ1v) is 8.21. The molecule has 0 atom stereocenters. The molecule has 3 nitrogen and oxygen atoms in total. The Balaban J connectivity index is 1.70. The van der Waals surface area contributed by atoms with Crippen molar-refractivity contribution >= 4 is 33.0 Å². The zero-order valence-corrected chi connectivity index (χ0v) is 13.1. The molecule has 3 N–H and O–H groups in total. The molecule has 1 amide bonds. The minimum Gasteiger partial charge on any atom is -0.397 e. The van der Waals surface area contributed by atoms with Crippen LogP contribution in [0.5, 0.6) is 0 Å².